The maximum absolute atomic E-state index is 12.7. The van der Waals surface area contributed by atoms with Crippen molar-refractivity contribution in [3.05, 3.63) is 57.3 Å². The molecule has 0 N–H and O–H groups in total. The minimum Gasteiger partial charge on any atom is -0.472 e. The Morgan fingerprint density at radius 1 is 1.24 bits per heavy atom. The number of aromatic nitrogens is 1. The molecule has 4 nitrogen and oxygen atoms in total. The van der Waals surface area contributed by atoms with Crippen molar-refractivity contribution >= 4 is 28.5 Å². The molecule has 0 saturated carbocycles. The van der Waals surface area contributed by atoms with Gasteiger partial charge in [0.1, 0.15) is 6.10 Å². The van der Waals surface area contributed by atoms with Crippen molar-refractivity contribution in [3.8, 4) is 5.88 Å². The molecule has 8 heteroatoms. The van der Waals surface area contributed by atoms with Gasteiger partial charge in [-0.15, -0.1) is 0 Å². The molecule has 1 saturated heterocycles. The summed E-state index contributed by atoms with van der Waals surface area (Å²) in [6.07, 6.45) is -3.19. The van der Waals surface area contributed by atoms with Crippen molar-refractivity contribution in [2.75, 3.05) is 13.1 Å². The second kappa shape index (κ2) is 7.19. The van der Waals surface area contributed by atoms with Crippen molar-refractivity contribution in [3.63, 3.8) is 0 Å². The van der Waals surface area contributed by atoms with Crippen LogP contribution in [0, 0.1) is 3.57 Å². The number of rotatable bonds is 3. The quantitative estimate of drug-likeness (QED) is 0.648. The zero-order chi connectivity index (χ0) is 18.0. The van der Waals surface area contributed by atoms with Crippen LogP contribution in [-0.4, -0.2) is 35.0 Å². The zero-order valence-electron chi connectivity index (χ0n) is 13.0. The highest BCUT2D eigenvalue weighted by Crippen LogP contribution is 2.31. The first kappa shape index (κ1) is 18.0. The molecule has 1 aliphatic heterocycles. The number of ether oxygens (including phenoxy) is 1. The van der Waals surface area contributed by atoms with Crippen molar-refractivity contribution in [2.24, 2.45) is 0 Å². The third-order valence-corrected chi connectivity index (χ3v) is 4.59. The van der Waals surface area contributed by atoms with Crippen molar-refractivity contribution in [2.45, 2.75) is 18.7 Å². The van der Waals surface area contributed by atoms with E-state index in [0.29, 0.717) is 25.1 Å². The molecule has 1 fully saturated rings. The van der Waals surface area contributed by atoms with E-state index < -0.39 is 11.7 Å². The number of hydrogen-bond donors (Lipinski definition) is 0. The van der Waals surface area contributed by atoms with Gasteiger partial charge in [0.05, 0.1) is 12.1 Å². The molecular weight excluding hydrogens is 448 g/mol. The third kappa shape index (κ3) is 4.42. The van der Waals surface area contributed by atoms with Gasteiger partial charge >= 0.3 is 6.18 Å². The monoisotopic (exact) mass is 462 g/mol. The number of likely N-dealkylation sites (tertiary alicyclic amines) is 1. The highest BCUT2D eigenvalue weighted by molar-refractivity contribution is 14.1. The fourth-order valence-electron chi connectivity index (χ4n) is 2.60. The number of carbonyl (C=O) groups excluding carboxylic acids is 1. The number of nitrogens with zero attached hydrogens (tertiary/aromatic N) is 2. The van der Waals surface area contributed by atoms with E-state index in [4.69, 9.17) is 4.74 Å². The molecular formula is C17H14F3IN2O2. The van der Waals surface area contributed by atoms with E-state index in [1.807, 2.05) is 12.1 Å². The lowest BCUT2D eigenvalue weighted by molar-refractivity contribution is -0.137. The number of benzene rings is 1. The predicted molar refractivity (Wildman–Crippen MR) is 93.3 cm³/mol. The van der Waals surface area contributed by atoms with E-state index in [9.17, 15) is 18.0 Å². The Morgan fingerprint density at radius 3 is 2.64 bits per heavy atom. The highest BCUT2D eigenvalue weighted by atomic mass is 127. The molecule has 1 unspecified atom stereocenters. The number of amides is 1. The fraction of sp³-hybridized carbons (Fsp3) is 0.294. The summed E-state index contributed by atoms with van der Waals surface area (Å²) < 4.78 is 44.8. The molecule has 0 bridgehead atoms. The lowest BCUT2D eigenvalue weighted by Gasteiger charge is -2.17. The van der Waals surface area contributed by atoms with Crippen LogP contribution in [0.15, 0.2) is 42.6 Å². The molecule has 0 spiro atoms. The van der Waals surface area contributed by atoms with Gasteiger partial charge in [-0.05, 0) is 52.9 Å². The van der Waals surface area contributed by atoms with E-state index in [2.05, 4.69) is 27.6 Å². The Bertz CT molecular complexity index is 765. The number of carbonyl (C=O) groups is 1. The smallest absolute Gasteiger partial charge is 0.416 e. The summed E-state index contributed by atoms with van der Waals surface area (Å²) >= 11 is 2.16. The van der Waals surface area contributed by atoms with Gasteiger partial charge in [0, 0.05) is 34.4 Å². The lowest BCUT2D eigenvalue weighted by Crippen LogP contribution is -2.31. The number of hydrogen-bond acceptors (Lipinski definition) is 3. The molecule has 25 heavy (non-hydrogen) atoms. The van der Waals surface area contributed by atoms with Gasteiger partial charge in [-0.2, -0.15) is 13.2 Å². The van der Waals surface area contributed by atoms with Crippen LogP contribution >= 0.6 is 22.6 Å². The third-order valence-electron chi connectivity index (χ3n) is 3.87. The van der Waals surface area contributed by atoms with Gasteiger partial charge in [0.15, 0.2) is 0 Å². The Hall–Kier alpha value is -1.84. The zero-order valence-corrected chi connectivity index (χ0v) is 15.1. The van der Waals surface area contributed by atoms with Crippen molar-refractivity contribution < 1.29 is 22.7 Å². The Balaban J connectivity index is 1.63. The number of pyridine rings is 1. The average molecular weight is 462 g/mol. The van der Waals surface area contributed by atoms with Crippen LogP contribution in [0.5, 0.6) is 5.88 Å². The molecule has 1 atom stereocenters. The summed E-state index contributed by atoms with van der Waals surface area (Å²) in [4.78, 5) is 17.9. The minimum atomic E-state index is -4.44. The molecule has 1 amide bonds. The van der Waals surface area contributed by atoms with Gasteiger partial charge < -0.3 is 9.64 Å². The fourth-order valence-corrected chi connectivity index (χ4v) is 2.96. The SMILES string of the molecule is O=C(c1ccc(I)cc1)N1CCC(Oc2cc(C(F)(F)F)ccn2)C1. The summed E-state index contributed by atoms with van der Waals surface area (Å²) in [7, 11) is 0. The van der Waals surface area contributed by atoms with E-state index in [1.54, 1.807) is 17.0 Å². The first-order valence-electron chi connectivity index (χ1n) is 7.57. The topological polar surface area (TPSA) is 42.4 Å². The van der Waals surface area contributed by atoms with Crippen molar-refractivity contribution in [1.82, 2.24) is 9.88 Å². The highest BCUT2D eigenvalue weighted by Gasteiger charge is 2.32. The van der Waals surface area contributed by atoms with Crippen LogP contribution in [0.3, 0.4) is 0 Å². The molecule has 1 aromatic carbocycles. The van der Waals surface area contributed by atoms with Gasteiger partial charge in [-0.25, -0.2) is 4.98 Å². The first-order chi connectivity index (χ1) is 11.8. The van der Waals surface area contributed by atoms with Gasteiger partial charge in [0.25, 0.3) is 5.91 Å². The minimum absolute atomic E-state index is 0.0802. The van der Waals surface area contributed by atoms with Gasteiger partial charge in [0.2, 0.25) is 5.88 Å². The van der Waals surface area contributed by atoms with E-state index in [0.717, 1.165) is 21.9 Å². The summed E-state index contributed by atoms with van der Waals surface area (Å²) in [6.45, 7) is 0.817. The second-order valence-corrected chi connectivity index (χ2v) is 6.91. The molecule has 0 aliphatic carbocycles. The summed E-state index contributed by atoms with van der Waals surface area (Å²) in [6, 6.07) is 8.99. The van der Waals surface area contributed by atoms with Gasteiger partial charge in [-0.3, -0.25) is 4.79 Å². The molecule has 3 rings (SSSR count). The van der Waals surface area contributed by atoms with E-state index >= 15 is 0 Å². The normalized spacial score (nSPS) is 17.6. The Kier molecular flexibility index (Phi) is 5.16. The first-order valence-corrected chi connectivity index (χ1v) is 8.65. The van der Waals surface area contributed by atoms with Crippen LogP contribution in [0.25, 0.3) is 0 Å². The van der Waals surface area contributed by atoms with Crippen LogP contribution in [0.2, 0.25) is 0 Å². The second-order valence-electron chi connectivity index (χ2n) is 5.67. The Morgan fingerprint density at radius 2 is 1.96 bits per heavy atom. The predicted octanol–water partition coefficient (Wildman–Crippen LogP) is 4.00. The molecule has 132 valence electrons. The summed E-state index contributed by atoms with van der Waals surface area (Å²) in [5, 5.41) is 0. The standard InChI is InChI=1S/C17H14F3IN2O2/c18-17(19,20)12-5-7-22-15(9-12)25-14-6-8-23(10-14)16(24)11-1-3-13(21)4-2-11/h1-5,7,9,14H,6,8,10H2. The lowest BCUT2D eigenvalue weighted by atomic mass is 10.2. The van der Waals surface area contributed by atoms with Crippen molar-refractivity contribution in [1.29, 1.82) is 0 Å². The summed E-state index contributed by atoms with van der Waals surface area (Å²) in [5.41, 5.74) is -0.222. The maximum Gasteiger partial charge on any atom is 0.416 e. The van der Waals surface area contributed by atoms with E-state index in [1.165, 1.54) is 0 Å². The molecule has 2 aromatic rings. The molecule has 1 aliphatic rings. The number of alkyl halides is 3. The van der Waals surface area contributed by atoms with Crippen LogP contribution in [-0.2, 0) is 6.18 Å². The maximum atomic E-state index is 12.7. The van der Waals surface area contributed by atoms with Crippen LogP contribution in [0.4, 0.5) is 13.2 Å². The van der Waals surface area contributed by atoms with Crippen LogP contribution < -0.4 is 4.74 Å². The van der Waals surface area contributed by atoms with Crippen LogP contribution in [0.1, 0.15) is 22.3 Å². The molecule has 1 aromatic heterocycles. The molecule has 2 heterocycles. The largest absolute Gasteiger partial charge is 0.472 e. The Labute approximate surface area is 156 Å². The molecule has 0 radical (unpaired) electrons. The van der Waals surface area contributed by atoms with E-state index in [-0.39, 0.29) is 17.9 Å². The average Bonchev–Trinajstić information content (AvgIpc) is 3.03. The van der Waals surface area contributed by atoms with Gasteiger partial charge in [-0.1, -0.05) is 0 Å². The summed E-state index contributed by atoms with van der Waals surface area (Å²) in [5.74, 6) is -0.192. The number of halogens is 4.